The van der Waals surface area contributed by atoms with Crippen LogP contribution in [0.25, 0.3) is 16.3 Å². The molecule has 136 valence electrons. The van der Waals surface area contributed by atoms with Crippen molar-refractivity contribution in [2.75, 3.05) is 19.3 Å². The summed E-state index contributed by atoms with van der Waals surface area (Å²) in [5.41, 5.74) is 3.20. The normalized spacial score (nSPS) is 15.4. The molecule has 4 heteroatoms. The van der Waals surface area contributed by atoms with Gasteiger partial charge in [-0.05, 0) is 52.6 Å². The van der Waals surface area contributed by atoms with Gasteiger partial charge in [0.05, 0.1) is 0 Å². The summed E-state index contributed by atoms with van der Waals surface area (Å²) in [5, 5.41) is 2.50. The average molecular weight is 375 g/mol. The Morgan fingerprint density at radius 1 is 0.963 bits per heavy atom. The molecule has 0 aliphatic carbocycles. The minimum absolute atomic E-state index is 0.0247. The molecule has 0 N–H and O–H groups in total. The molecule has 3 nitrogen and oxygen atoms in total. The lowest BCUT2D eigenvalue weighted by molar-refractivity contribution is 0.0773. The van der Waals surface area contributed by atoms with Gasteiger partial charge in [0.1, 0.15) is 0 Å². The first kappa shape index (κ1) is 17.7. The number of carbonyl (C=O) groups excluding carboxylic acids is 1. The Kier molecular flexibility index (Phi) is 4.90. The van der Waals surface area contributed by atoms with Crippen molar-refractivity contribution in [2.45, 2.75) is 11.3 Å². The molecule has 1 atom stereocenters. The molecular weight excluding hydrogens is 354 g/mol. The first-order valence-electron chi connectivity index (χ1n) is 9.03. The van der Waals surface area contributed by atoms with E-state index in [0.717, 1.165) is 11.3 Å². The first-order valence-corrected chi connectivity index (χ1v) is 10.6. The topological polar surface area (TPSA) is 37.4 Å². The molecule has 0 bridgehead atoms. The Morgan fingerprint density at radius 2 is 1.70 bits per heavy atom. The van der Waals surface area contributed by atoms with E-state index >= 15 is 0 Å². The van der Waals surface area contributed by atoms with E-state index in [9.17, 15) is 9.00 Å². The number of benzene rings is 3. The number of rotatable bonds is 3. The maximum absolute atomic E-state index is 12.8. The number of hydrogen-bond donors (Lipinski definition) is 0. The summed E-state index contributed by atoms with van der Waals surface area (Å²) in [6.07, 6.45) is 4.65. The first-order chi connectivity index (χ1) is 13.1. The van der Waals surface area contributed by atoms with Crippen molar-refractivity contribution < 1.29 is 9.00 Å². The Hall–Kier alpha value is -2.72. The van der Waals surface area contributed by atoms with Gasteiger partial charge in [-0.3, -0.25) is 9.00 Å². The van der Waals surface area contributed by atoms with E-state index in [2.05, 4.69) is 48.5 Å². The molecule has 3 aromatic rings. The molecule has 3 aromatic carbocycles. The zero-order chi connectivity index (χ0) is 18.8. The Balaban J connectivity index is 1.54. The van der Waals surface area contributed by atoms with Crippen LogP contribution < -0.4 is 0 Å². The van der Waals surface area contributed by atoms with E-state index in [-0.39, 0.29) is 5.91 Å². The van der Waals surface area contributed by atoms with E-state index in [1.54, 1.807) is 30.5 Å². The third-order valence-corrected chi connectivity index (χ3v) is 6.00. The van der Waals surface area contributed by atoms with Gasteiger partial charge in [-0.15, -0.1) is 0 Å². The highest BCUT2D eigenvalue weighted by Crippen LogP contribution is 2.29. The van der Waals surface area contributed by atoms with Crippen molar-refractivity contribution >= 4 is 33.1 Å². The summed E-state index contributed by atoms with van der Waals surface area (Å²) >= 11 is 0. The molecule has 0 radical (unpaired) electrons. The molecule has 0 spiro atoms. The van der Waals surface area contributed by atoms with Gasteiger partial charge < -0.3 is 4.90 Å². The second kappa shape index (κ2) is 7.49. The third kappa shape index (κ3) is 3.58. The highest BCUT2D eigenvalue weighted by molar-refractivity contribution is 7.84. The largest absolute Gasteiger partial charge is 0.335 e. The van der Waals surface area contributed by atoms with Crippen LogP contribution in [0.4, 0.5) is 0 Å². The molecule has 0 fully saturated rings. The second-order valence-corrected chi connectivity index (χ2v) is 8.12. The molecule has 1 aliphatic heterocycles. The van der Waals surface area contributed by atoms with E-state index in [4.69, 9.17) is 0 Å². The van der Waals surface area contributed by atoms with Gasteiger partial charge in [0.25, 0.3) is 5.91 Å². The van der Waals surface area contributed by atoms with Gasteiger partial charge in [-0.1, -0.05) is 48.5 Å². The third-order valence-electron chi connectivity index (χ3n) is 5.07. The number of carbonyl (C=O) groups is 1. The van der Waals surface area contributed by atoms with Gasteiger partial charge in [-0.2, -0.15) is 0 Å². The van der Waals surface area contributed by atoms with Crippen LogP contribution in [0.15, 0.2) is 77.7 Å². The lowest BCUT2D eigenvalue weighted by atomic mass is 9.94. The van der Waals surface area contributed by atoms with Gasteiger partial charge >= 0.3 is 0 Å². The molecular formula is C23H21NO2S. The molecule has 27 heavy (non-hydrogen) atoms. The monoisotopic (exact) mass is 375 g/mol. The molecule has 0 saturated carbocycles. The average Bonchev–Trinajstić information content (AvgIpc) is 2.73. The summed E-state index contributed by atoms with van der Waals surface area (Å²) in [7, 11) is -1.03. The Morgan fingerprint density at radius 3 is 2.41 bits per heavy atom. The van der Waals surface area contributed by atoms with Crippen LogP contribution in [-0.4, -0.2) is 34.4 Å². The van der Waals surface area contributed by atoms with Crippen molar-refractivity contribution in [3.8, 4) is 0 Å². The smallest absolute Gasteiger partial charge is 0.254 e. The Labute approximate surface area is 161 Å². The van der Waals surface area contributed by atoms with Gasteiger partial charge in [0, 0.05) is 40.6 Å². The molecule has 4 rings (SSSR count). The van der Waals surface area contributed by atoms with E-state index in [1.165, 1.54) is 21.9 Å². The van der Waals surface area contributed by atoms with Crippen LogP contribution in [0.2, 0.25) is 0 Å². The van der Waals surface area contributed by atoms with Crippen LogP contribution in [0.3, 0.4) is 0 Å². The van der Waals surface area contributed by atoms with Crippen molar-refractivity contribution in [1.29, 1.82) is 0 Å². The zero-order valence-corrected chi connectivity index (χ0v) is 16.0. The van der Waals surface area contributed by atoms with Crippen LogP contribution in [0, 0.1) is 0 Å². The van der Waals surface area contributed by atoms with Gasteiger partial charge in [0.2, 0.25) is 0 Å². The van der Waals surface area contributed by atoms with Crippen LogP contribution in [0.1, 0.15) is 22.3 Å². The summed E-state index contributed by atoms with van der Waals surface area (Å²) in [5.74, 6) is 0.0247. The summed E-state index contributed by atoms with van der Waals surface area (Å²) in [6.45, 7) is 1.31. The number of nitrogens with zero attached hydrogens (tertiary/aromatic N) is 1. The van der Waals surface area contributed by atoms with Crippen molar-refractivity contribution in [3.63, 3.8) is 0 Å². The predicted octanol–water partition coefficient (Wildman–Crippen LogP) is 4.51. The van der Waals surface area contributed by atoms with Gasteiger partial charge in [-0.25, -0.2) is 0 Å². The molecule has 1 amide bonds. The number of hydrogen-bond acceptors (Lipinski definition) is 2. The quantitative estimate of drug-likeness (QED) is 0.676. The number of fused-ring (bicyclic) bond motifs is 1. The zero-order valence-electron chi connectivity index (χ0n) is 15.2. The van der Waals surface area contributed by atoms with Crippen LogP contribution in [-0.2, 0) is 10.8 Å². The van der Waals surface area contributed by atoms with Crippen molar-refractivity contribution in [3.05, 3.63) is 83.9 Å². The van der Waals surface area contributed by atoms with Crippen molar-refractivity contribution in [2.24, 2.45) is 0 Å². The Bertz CT molecular complexity index is 1050. The maximum atomic E-state index is 12.8. The second-order valence-electron chi connectivity index (χ2n) is 6.74. The molecule has 1 heterocycles. The maximum Gasteiger partial charge on any atom is 0.254 e. The number of amides is 1. The lowest BCUT2D eigenvalue weighted by Gasteiger charge is -2.27. The highest BCUT2D eigenvalue weighted by atomic mass is 32.2. The van der Waals surface area contributed by atoms with E-state index in [1.807, 2.05) is 4.90 Å². The fourth-order valence-electron chi connectivity index (χ4n) is 3.58. The van der Waals surface area contributed by atoms with Crippen molar-refractivity contribution in [1.82, 2.24) is 4.90 Å². The summed E-state index contributed by atoms with van der Waals surface area (Å²) < 4.78 is 11.5. The van der Waals surface area contributed by atoms with E-state index < -0.39 is 10.8 Å². The summed E-state index contributed by atoms with van der Waals surface area (Å²) in [6, 6.07) is 21.9. The SMILES string of the molecule is CS(=O)c1ccc(C(=O)N2CC=C(c3cccc4ccccc34)CC2)cc1. The predicted molar refractivity (Wildman–Crippen MR) is 111 cm³/mol. The fourth-order valence-corrected chi connectivity index (χ4v) is 4.09. The molecule has 1 unspecified atom stereocenters. The standard InChI is InChI=1S/C23H21NO2S/c1-27(26)20-11-9-19(10-12-20)23(25)24-15-13-18(14-16-24)22-8-4-6-17-5-2-3-7-21(17)22/h2-13H,14-16H2,1H3. The van der Waals surface area contributed by atoms with Crippen LogP contribution in [0.5, 0.6) is 0 Å². The molecule has 0 saturated heterocycles. The summed E-state index contributed by atoms with van der Waals surface area (Å²) in [4.78, 5) is 15.4. The van der Waals surface area contributed by atoms with Crippen LogP contribution >= 0.6 is 0 Å². The molecule has 0 aromatic heterocycles. The van der Waals surface area contributed by atoms with Gasteiger partial charge in [0.15, 0.2) is 0 Å². The fraction of sp³-hybridized carbons (Fsp3) is 0.174. The van der Waals surface area contributed by atoms with E-state index in [0.29, 0.717) is 18.7 Å². The molecule has 1 aliphatic rings. The minimum atomic E-state index is -1.03. The highest BCUT2D eigenvalue weighted by Gasteiger charge is 2.20. The lowest BCUT2D eigenvalue weighted by Crippen LogP contribution is -2.34. The minimum Gasteiger partial charge on any atom is -0.335 e.